The van der Waals surface area contributed by atoms with Gasteiger partial charge in [-0.15, -0.1) is 0 Å². The van der Waals surface area contributed by atoms with Crippen LogP contribution in [0.2, 0.25) is 0 Å². The van der Waals surface area contributed by atoms with E-state index in [0.29, 0.717) is 13.0 Å². The molecule has 1 saturated carbocycles. The first-order valence-electron chi connectivity index (χ1n) is 6.82. The Hall–Kier alpha value is -0.130. The zero-order valence-corrected chi connectivity index (χ0v) is 12.2. The highest BCUT2D eigenvalue weighted by Gasteiger charge is 2.54. The molecule has 0 spiro atoms. The smallest absolute Gasteiger partial charge is 0.150 e. The quantitative estimate of drug-likeness (QED) is 0.786. The Bertz CT molecular complexity index is 418. The topological polar surface area (TPSA) is 80.4 Å². The summed E-state index contributed by atoms with van der Waals surface area (Å²) in [6, 6.07) is 0. The molecule has 3 atom stereocenters. The molecule has 2 aliphatic rings. The van der Waals surface area contributed by atoms with E-state index in [1.807, 2.05) is 0 Å². The maximum atomic E-state index is 11.7. The zero-order valence-electron chi connectivity index (χ0n) is 11.4. The van der Waals surface area contributed by atoms with Crippen molar-refractivity contribution in [3.05, 3.63) is 0 Å². The second kappa shape index (κ2) is 4.46. The molecule has 3 N–H and O–H groups in total. The van der Waals surface area contributed by atoms with Crippen molar-refractivity contribution in [2.24, 2.45) is 22.5 Å². The molecule has 0 bridgehead atoms. The lowest BCUT2D eigenvalue weighted by atomic mass is 9.56. The minimum Gasteiger partial charge on any atom is -0.392 e. The standard InChI is InChI=1S/C13H25NO3S/c1-12(2)5-3-6-13(9-14,11(12)15)10-4-7-18(16,17)8-10/h10-11,15H,3-9,14H2,1-2H3. The summed E-state index contributed by atoms with van der Waals surface area (Å²) in [5.41, 5.74) is 5.40. The molecule has 0 aromatic carbocycles. The Morgan fingerprint density at radius 2 is 2.00 bits per heavy atom. The van der Waals surface area contributed by atoms with Crippen LogP contribution in [0.1, 0.15) is 39.5 Å². The van der Waals surface area contributed by atoms with Crippen LogP contribution in [-0.4, -0.2) is 37.7 Å². The fourth-order valence-electron chi connectivity index (χ4n) is 3.98. The van der Waals surface area contributed by atoms with Gasteiger partial charge in [-0.1, -0.05) is 20.3 Å². The van der Waals surface area contributed by atoms with Crippen molar-refractivity contribution in [2.45, 2.75) is 45.6 Å². The predicted molar refractivity (Wildman–Crippen MR) is 71.9 cm³/mol. The lowest BCUT2D eigenvalue weighted by Crippen LogP contribution is -2.56. The summed E-state index contributed by atoms with van der Waals surface area (Å²) < 4.78 is 23.4. The Morgan fingerprint density at radius 1 is 1.33 bits per heavy atom. The van der Waals surface area contributed by atoms with Crippen LogP contribution in [0.4, 0.5) is 0 Å². The third-order valence-corrected chi connectivity index (χ3v) is 6.94. The monoisotopic (exact) mass is 275 g/mol. The highest BCUT2D eigenvalue weighted by Crippen LogP contribution is 2.52. The molecule has 5 heteroatoms. The number of aliphatic hydroxyl groups excluding tert-OH is 1. The fraction of sp³-hybridized carbons (Fsp3) is 1.00. The van der Waals surface area contributed by atoms with E-state index < -0.39 is 21.4 Å². The van der Waals surface area contributed by atoms with Gasteiger partial charge >= 0.3 is 0 Å². The van der Waals surface area contributed by atoms with Crippen LogP contribution in [-0.2, 0) is 9.84 Å². The van der Waals surface area contributed by atoms with Crippen LogP contribution >= 0.6 is 0 Å². The highest BCUT2D eigenvalue weighted by molar-refractivity contribution is 7.91. The maximum absolute atomic E-state index is 11.7. The van der Waals surface area contributed by atoms with E-state index in [1.165, 1.54) is 0 Å². The Balaban J connectivity index is 2.31. The van der Waals surface area contributed by atoms with Gasteiger partial charge in [0.25, 0.3) is 0 Å². The van der Waals surface area contributed by atoms with Gasteiger partial charge in [0.05, 0.1) is 17.6 Å². The molecule has 1 saturated heterocycles. The number of sulfone groups is 1. The van der Waals surface area contributed by atoms with Crippen molar-refractivity contribution in [3.8, 4) is 0 Å². The number of nitrogens with two attached hydrogens (primary N) is 1. The molecule has 0 amide bonds. The van der Waals surface area contributed by atoms with Crippen molar-refractivity contribution in [3.63, 3.8) is 0 Å². The molecule has 1 aliphatic heterocycles. The van der Waals surface area contributed by atoms with Crippen LogP contribution in [0, 0.1) is 16.7 Å². The van der Waals surface area contributed by atoms with Crippen molar-refractivity contribution >= 4 is 9.84 Å². The first kappa shape index (κ1) is 14.3. The summed E-state index contributed by atoms with van der Waals surface area (Å²) in [6.07, 6.45) is 3.02. The molecule has 0 aromatic rings. The lowest BCUT2D eigenvalue weighted by Gasteiger charge is -2.52. The molecule has 2 rings (SSSR count). The minimum atomic E-state index is -2.92. The molecule has 106 valence electrons. The van der Waals surface area contributed by atoms with Gasteiger partial charge in [-0.3, -0.25) is 0 Å². The summed E-state index contributed by atoms with van der Waals surface area (Å²) in [6.45, 7) is 4.51. The van der Waals surface area contributed by atoms with Crippen molar-refractivity contribution in [1.82, 2.24) is 0 Å². The SMILES string of the molecule is CC1(C)CCCC(CN)(C2CCS(=O)(=O)C2)C1O. The molecule has 0 aromatic heterocycles. The van der Waals surface area contributed by atoms with Crippen LogP contribution in [0.3, 0.4) is 0 Å². The summed E-state index contributed by atoms with van der Waals surface area (Å²) in [4.78, 5) is 0. The summed E-state index contributed by atoms with van der Waals surface area (Å²) in [5, 5.41) is 10.7. The van der Waals surface area contributed by atoms with E-state index in [-0.39, 0.29) is 22.8 Å². The van der Waals surface area contributed by atoms with Gasteiger partial charge in [-0.25, -0.2) is 8.42 Å². The van der Waals surface area contributed by atoms with Gasteiger partial charge in [0.1, 0.15) is 0 Å². The van der Waals surface area contributed by atoms with Gasteiger partial charge < -0.3 is 10.8 Å². The summed E-state index contributed by atoms with van der Waals surface area (Å²) in [5.74, 6) is 0.492. The molecule has 1 heterocycles. The summed E-state index contributed by atoms with van der Waals surface area (Å²) >= 11 is 0. The number of hydrogen-bond acceptors (Lipinski definition) is 4. The van der Waals surface area contributed by atoms with Gasteiger partial charge in [0, 0.05) is 12.0 Å². The zero-order chi connectivity index (χ0) is 13.6. The number of hydrogen-bond donors (Lipinski definition) is 2. The lowest BCUT2D eigenvalue weighted by molar-refractivity contribution is -0.112. The first-order valence-corrected chi connectivity index (χ1v) is 8.64. The minimum absolute atomic E-state index is 0.0297. The molecular formula is C13H25NO3S. The average molecular weight is 275 g/mol. The molecule has 3 unspecified atom stereocenters. The van der Waals surface area contributed by atoms with Crippen molar-refractivity contribution < 1.29 is 13.5 Å². The maximum Gasteiger partial charge on any atom is 0.150 e. The summed E-state index contributed by atoms with van der Waals surface area (Å²) in [7, 11) is -2.92. The predicted octanol–water partition coefficient (Wildman–Crippen LogP) is 0.937. The van der Waals surface area contributed by atoms with Crippen LogP contribution in [0.15, 0.2) is 0 Å². The second-order valence-electron chi connectivity index (χ2n) is 6.78. The van der Waals surface area contributed by atoms with Gasteiger partial charge in [0.2, 0.25) is 0 Å². The molecular weight excluding hydrogens is 250 g/mol. The third kappa shape index (κ3) is 2.21. The Morgan fingerprint density at radius 3 is 2.50 bits per heavy atom. The van der Waals surface area contributed by atoms with E-state index in [9.17, 15) is 13.5 Å². The van der Waals surface area contributed by atoms with E-state index in [0.717, 1.165) is 19.3 Å². The van der Waals surface area contributed by atoms with E-state index in [4.69, 9.17) is 5.73 Å². The largest absolute Gasteiger partial charge is 0.392 e. The molecule has 4 nitrogen and oxygen atoms in total. The molecule has 1 aliphatic carbocycles. The van der Waals surface area contributed by atoms with Crippen molar-refractivity contribution in [1.29, 1.82) is 0 Å². The van der Waals surface area contributed by atoms with E-state index in [1.54, 1.807) is 0 Å². The average Bonchev–Trinajstić information content (AvgIpc) is 2.64. The number of aliphatic hydroxyl groups is 1. The molecule has 0 radical (unpaired) electrons. The van der Waals surface area contributed by atoms with Gasteiger partial charge in [-0.2, -0.15) is 0 Å². The molecule has 2 fully saturated rings. The third-order valence-electron chi connectivity index (χ3n) is 5.17. The van der Waals surface area contributed by atoms with E-state index >= 15 is 0 Å². The van der Waals surface area contributed by atoms with Crippen LogP contribution < -0.4 is 5.73 Å². The Kier molecular flexibility index (Phi) is 3.54. The first-order chi connectivity index (χ1) is 8.23. The fourth-order valence-corrected chi connectivity index (χ4v) is 5.90. The van der Waals surface area contributed by atoms with Crippen LogP contribution in [0.25, 0.3) is 0 Å². The van der Waals surface area contributed by atoms with Crippen molar-refractivity contribution in [2.75, 3.05) is 18.1 Å². The normalized spacial score (nSPS) is 42.9. The Labute approximate surface area is 110 Å². The molecule has 18 heavy (non-hydrogen) atoms. The number of rotatable bonds is 2. The van der Waals surface area contributed by atoms with Gasteiger partial charge in [0.15, 0.2) is 9.84 Å². The van der Waals surface area contributed by atoms with Crippen LogP contribution in [0.5, 0.6) is 0 Å². The van der Waals surface area contributed by atoms with Gasteiger partial charge in [-0.05, 0) is 30.6 Å². The second-order valence-corrected chi connectivity index (χ2v) is 9.01. The highest BCUT2D eigenvalue weighted by atomic mass is 32.2. The van der Waals surface area contributed by atoms with E-state index in [2.05, 4.69) is 13.8 Å².